The minimum Gasteiger partial charge on any atom is -0.339 e. The molecule has 27 heavy (non-hydrogen) atoms. The lowest BCUT2D eigenvalue weighted by molar-refractivity contribution is 0.0682. The fraction of sp³-hybridized carbons (Fsp3) is 0.364. The minimum atomic E-state index is 0.125. The molecule has 0 unspecified atom stereocenters. The van der Waals surface area contributed by atoms with Crippen molar-refractivity contribution >= 4 is 32.9 Å². The van der Waals surface area contributed by atoms with Gasteiger partial charge in [-0.3, -0.25) is 4.79 Å². The summed E-state index contributed by atoms with van der Waals surface area (Å²) in [6.45, 7) is 6.88. The maximum Gasteiger partial charge on any atom is 0.254 e. The van der Waals surface area contributed by atoms with Gasteiger partial charge < -0.3 is 9.47 Å². The molecule has 0 aliphatic carbocycles. The number of rotatable bonds is 3. The van der Waals surface area contributed by atoms with Crippen LogP contribution in [0.15, 0.2) is 47.2 Å². The molecule has 0 saturated carbocycles. The van der Waals surface area contributed by atoms with Crippen molar-refractivity contribution in [2.45, 2.75) is 33.2 Å². The van der Waals surface area contributed by atoms with Crippen LogP contribution >= 0.6 is 15.9 Å². The normalized spacial score (nSPS) is 15.4. The lowest BCUT2D eigenvalue weighted by atomic mass is 9.96. The number of aryl methyl sites for hydroxylation is 2. The maximum atomic E-state index is 12.8. The Morgan fingerprint density at radius 3 is 2.59 bits per heavy atom. The summed E-state index contributed by atoms with van der Waals surface area (Å²) < 4.78 is 3.14. The van der Waals surface area contributed by atoms with Gasteiger partial charge in [0.05, 0.1) is 22.9 Å². The second-order valence-electron chi connectivity index (χ2n) is 7.54. The van der Waals surface area contributed by atoms with E-state index in [2.05, 4.69) is 51.5 Å². The molecular weight excluding hydrogens is 402 g/mol. The summed E-state index contributed by atoms with van der Waals surface area (Å²) in [5, 5.41) is 0. The third kappa shape index (κ3) is 3.65. The molecule has 5 heteroatoms. The molecule has 1 fully saturated rings. The topological polar surface area (TPSA) is 38.1 Å². The Kier molecular flexibility index (Phi) is 5.04. The van der Waals surface area contributed by atoms with Gasteiger partial charge in [0.1, 0.15) is 0 Å². The van der Waals surface area contributed by atoms with Crippen LogP contribution in [0, 0.1) is 19.8 Å². The largest absolute Gasteiger partial charge is 0.339 e. The predicted molar refractivity (Wildman–Crippen MR) is 112 cm³/mol. The number of piperidine rings is 1. The number of hydrogen-bond acceptors (Lipinski definition) is 2. The Labute approximate surface area is 168 Å². The molecule has 1 aromatic heterocycles. The molecule has 1 aliphatic rings. The summed E-state index contributed by atoms with van der Waals surface area (Å²) in [5.41, 5.74) is 5.62. The van der Waals surface area contributed by atoms with E-state index in [1.807, 2.05) is 35.5 Å². The van der Waals surface area contributed by atoms with Gasteiger partial charge in [-0.1, -0.05) is 12.1 Å². The molecule has 0 N–H and O–H groups in total. The zero-order chi connectivity index (χ0) is 19.0. The van der Waals surface area contributed by atoms with E-state index >= 15 is 0 Å². The number of amides is 1. The van der Waals surface area contributed by atoms with Crippen LogP contribution in [-0.4, -0.2) is 33.4 Å². The molecule has 0 radical (unpaired) electrons. The average Bonchev–Trinajstić information content (AvgIpc) is 3.04. The van der Waals surface area contributed by atoms with Crippen LogP contribution in [0.4, 0.5) is 0 Å². The van der Waals surface area contributed by atoms with Crippen molar-refractivity contribution < 1.29 is 4.79 Å². The first-order chi connectivity index (χ1) is 13.0. The zero-order valence-corrected chi connectivity index (χ0v) is 17.4. The first-order valence-corrected chi connectivity index (χ1v) is 10.3. The van der Waals surface area contributed by atoms with Gasteiger partial charge in [-0.2, -0.15) is 0 Å². The first-order valence-electron chi connectivity index (χ1n) is 9.49. The second kappa shape index (κ2) is 7.47. The molecule has 4 nitrogen and oxygen atoms in total. The van der Waals surface area contributed by atoms with Crippen LogP contribution in [-0.2, 0) is 6.54 Å². The van der Waals surface area contributed by atoms with Crippen molar-refractivity contribution in [1.82, 2.24) is 14.5 Å². The molecule has 1 aliphatic heterocycles. The van der Waals surface area contributed by atoms with E-state index in [1.165, 1.54) is 16.6 Å². The Bertz CT molecular complexity index is 986. The van der Waals surface area contributed by atoms with Crippen LogP contribution in [0.3, 0.4) is 0 Å². The van der Waals surface area contributed by atoms with Gasteiger partial charge in [-0.15, -0.1) is 0 Å². The van der Waals surface area contributed by atoms with Crippen LogP contribution in [0.1, 0.15) is 34.3 Å². The third-order valence-electron chi connectivity index (χ3n) is 5.70. The van der Waals surface area contributed by atoms with Gasteiger partial charge in [0.2, 0.25) is 0 Å². The fourth-order valence-corrected chi connectivity index (χ4v) is 4.31. The highest BCUT2D eigenvalue weighted by atomic mass is 79.9. The molecule has 1 amide bonds. The number of carbonyl (C=O) groups is 1. The van der Waals surface area contributed by atoms with Gasteiger partial charge >= 0.3 is 0 Å². The Morgan fingerprint density at radius 2 is 1.85 bits per heavy atom. The molecule has 2 heterocycles. The average molecular weight is 426 g/mol. The number of hydrogen-bond donors (Lipinski definition) is 0. The number of imidazole rings is 1. The van der Waals surface area contributed by atoms with E-state index in [9.17, 15) is 4.79 Å². The standard InChI is InChI=1S/C22H24BrN3O/c1-15-11-20-21(12-16(15)2)26(14-24-20)13-17-7-9-25(10-8-17)22(27)18-5-3-4-6-19(18)23/h3-6,11-12,14,17H,7-10,13H2,1-2H3. The Balaban J connectivity index is 1.42. The van der Waals surface area contributed by atoms with Gasteiger partial charge in [-0.05, 0) is 83.9 Å². The van der Waals surface area contributed by atoms with E-state index in [0.717, 1.165) is 48.0 Å². The van der Waals surface area contributed by atoms with E-state index in [-0.39, 0.29) is 5.91 Å². The summed E-state index contributed by atoms with van der Waals surface area (Å²) in [5.74, 6) is 0.701. The molecule has 2 aromatic carbocycles. The highest BCUT2D eigenvalue weighted by Crippen LogP contribution is 2.25. The molecule has 1 saturated heterocycles. The summed E-state index contributed by atoms with van der Waals surface area (Å²) in [7, 11) is 0. The van der Waals surface area contributed by atoms with Crippen molar-refractivity contribution in [2.75, 3.05) is 13.1 Å². The predicted octanol–water partition coefficient (Wildman–Crippen LogP) is 4.97. The molecule has 0 bridgehead atoms. The first kappa shape index (κ1) is 18.2. The van der Waals surface area contributed by atoms with Gasteiger partial charge in [0, 0.05) is 24.1 Å². The molecule has 140 valence electrons. The SMILES string of the molecule is Cc1cc2ncn(CC3CCN(C(=O)c4ccccc4Br)CC3)c2cc1C. The van der Waals surface area contributed by atoms with Crippen molar-refractivity contribution in [1.29, 1.82) is 0 Å². The quantitative estimate of drug-likeness (QED) is 0.593. The van der Waals surface area contributed by atoms with Crippen molar-refractivity contribution in [2.24, 2.45) is 5.92 Å². The van der Waals surface area contributed by atoms with Crippen LogP contribution < -0.4 is 0 Å². The summed E-state index contributed by atoms with van der Waals surface area (Å²) in [6.07, 6.45) is 4.02. The number of aromatic nitrogens is 2. The van der Waals surface area contributed by atoms with Crippen molar-refractivity contribution in [3.8, 4) is 0 Å². The van der Waals surface area contributed by atoms with Crippen molar-refractivity contribution in [3.05, 3.63) is 63.9 Å². The number of carbonyl (C=O) groups excluding carboxylic acids is 1. The van der Waals surface area contributed by atoms with Gasteiger partial charge in [-0.25, -0.2) is 4.98 Å². The molecule has 3 aromatic rings. The number of fused-ring (bicyclic) bond motifs is 1. The van der Waals surface area contributed by atoms with E-state index < -0.39 is 0 Å². The minimum absolute atomic E-state index is 0.125. The molecule has 0 atom stereocenters. The van der Waals surface area contributed by atoms with E-state index in [4.69, 9.17) is 0 Å². The number of benzene rings is 2. The highest BCUT2D eigenvalue weighted by molar-refractivity contribution is 9.10. The second-order valence-corrected chi connectivity index (χ2v) is 8.39. The molecule has 0 spiro atoms. The maximum absolute atomic E-state index is 12.8. The highest BCUT2D eigenvalue weighted by Gasteiger charge is 2.25. The summed E-state index contributed by atoms with van der Waals surface area (Å²) in [4.78, 5) is 19.3. The summed E-state index contributed by atoms with van der Waals surface area (Å²) >= 11 is 3.49. The monoisotopic (exact) mass is 425 g/mol. The smallest absolute Gasteiger partial charge is 0.254 e. The number of likely N-dealkylation sites (tertiary alicyclic amines) is 1. The van der Waals surface area contributed by atoms with Crippen molar-refractivity contribution in [3.63, 3.8) is 0 Å². The lowest BCUT2D eigenvalue weighted by Crippen LogP contribution is -2.39. The van der Waals surface area contributed by atoms with Gasteiger partial charge in [0.15, 0.2) is 0 Å². The lowest BCUT2D eigenvalue weighted by Gasteiger charge is -2.32. The van der Waals surface area contributed by atoms with E-state index in [1.54, 1.807) is 0 Å². The molecular formula is C22H24BrN3O. The van der Waals surface area contributed by atoms with Crippen LogP contribution in [0.2, 0.25) is 0 Å². The van der Waals surface area contributed by atoms with Crippen LogP contribution in [0.5, 0.6) is 0 Å². The Hall–Kier alpha value is -2.14. The van der Waals surface area contributed by atoms with E-state index in [0.29, 0.717) is 5.92 Å². The third-order valence-corrected chi connectivity index (χ3v) is 6.39. The van der Waals surface area contributed by atoms with Crippen LogP contribution in [0.25, 0.3) is 11.0 Å². The Morgan fingerprint density at radius 1 is 1.15 bits per heavy atom. The summed E-state index contributed by atoms with van der Waals surface area (Å²) in [6, 6.07) is 12.1. The molecule has 4 rings (SSSR count). The fourth-order valence-electron chi connectivity index (χ4n) is 3.86. The number of halogens is 1. The van der Waals surface area contributed by atoms with Gasteiger partial charge in [0.25, 0.3) is 5.91 Å². The zero-order valence-electron chi connectivity index (χ0n) is 15.8. The number of nitrogens with zero attached hydrogens (tertiary/aromatic N) is 3.